The van der Waals surface area contributed by atoms with Gasteiger partial charge in [-0.2, -0.15) is 5.26 Å². The molecule has 6 heteroatoms. The van der Waals surface area contributed by atoms with Crippen LogP contribution >= 0.6 is 0 Å². The minimum absolute atomic E-state index is 0.0835. The lowest BCUT2D eigenvalue weighted by Crippen LogP contribution is -2.25. The zero-order chi connectivity index (χ0) is 19.8. The summed E-state index contributed by atoms with van der Waals surface area (Å²) in [5, 5.41) is 8.68. The Morgan fingerprint density at radius 1 is 1.07 bits per heavy atom. The molecule has 1 fully saturated rings. The molecule has 0 aliphatic heterocycles. The number of ether oxygens (including phenoxy) is 1. The van der Waals surface area contributed by atoms with Crippen LogP contribution < -0.4 is 0 Å². The SMILES string of the molecule is CCOC(=O)[C@@]1(C#N)[C@H](c2ccc(C)cc2)[C@@H]1S(=O)(=O)c1ccc(C)cc1. The van der Waals surface area contributed by atoms with Gasteiger partial charge in [0, 0.05) is 5.92 Å². The van der Waals surface area contributed by atoms with Gasteiger partial charge in [0.1, 0.15) is 5.25 Å². The van der Waals surface area contributed by atoms with Crippen molar-refractivity contribution in [1.82, 2.24) is 0 Å². The molecule has 0 unspecified atom stereocenters. The highest BCUT2D eigenvalue weighted by Gasteiger charge is 2.77. The topological polar surface area (TPSA) is 84.2 Å². The van der Waals surface area contributed by atoms with E-state index in [0.29, 0.717) is 5.56 Å². The first-order chi connectivity index (χ1) is 12.8. The van der Waals surface area contributed by atoms with Crippen LogP contribution in [0.5, 0.6) is 0 Å². The van der Waals surface area contributed by atoms with Crippen LogP contribution in [0, 0.1) is 30.6 Å². The molecule has 0 radical (unpaired) electrons. The second kappa shape index (κ2) is 6.82. The van der Waals surface area contributed by atoms with Gasteiger partial charge >= 0.3 is 5.97 Å². The standard InChI is InChI=1S/C21H21NO4S/c1-4-26-20(23)21(13-22)18(16-9-5-14(2)6-10-16)19(21)27(24,25)17-11-7-15(3)8-12-17/h5-12,18-19H,4H2,1-3H3/t18-,19+,21+/m1/s1. The van der Waals surface area contributed by atoms with E-state index in [9.17, 15) is 18.5 Å². The fourth-order valence-corrected chi connectivity index (χ4v) is 5.78. The molecule has 0 spiro atoms. The summed E-state index contributed by atoms with van der Waals surface area (Å²) in [7, 11) is -3.90. The Labute approximate surface area is 159 Å². The number of esters is 1. The van der Waals surface area contributed by atoms with Crippen molar-refractivity contribution in [3.05, 3.63) is 65.2 Å². The van der Waals surface area contributed by atoms with Crippen molar-refractivity contribution < 1.29 is 17.9 Å². The maximum Gasteiger partial charge on any atom is 0.328 e. The van der Waals surface area contributed by atoms with Gasteiger partial charge in [-0.05, 0) is 38.5 Å². The average Bonchev–Trinajstić information content (AvgIpc) is 3.34. The Morgan fingerprint density at radius 2 is 1.59 bits per heavy atom. The third-order valence-corrected chi connectivity index (χ3v) is 7.29. The van der Waals surface area contributed by atoms with Crippen molar-refractivity contribution in [1.29, 1.82) is 5.26 Å². The molecule has 1 aliphatic rings. The first kappa shape index (κ1) is 19.1. The van der Waals surface area contributed by atoms with Crippen LogP contribution in [0.3, 0.4) is 0 Å². The largest absolute Gasteiger partial charge is 0.465 e. The molecule has 27 heavy (non-hydrogen) atoms. The number of nitrogens with zero attached hydrogens (tertiary/aromatic N) is 1. The number of nitriles is 1. The highest BCUT2D eigenvalue weighted by atomic mass is 32.2. The molecule has 2 aromatic rings. The van der Waals surface area contributed by atoms with Crippen LogP contribution in [0.1, 0.15) is 29.5 Å². The molecule has 0 bridgehead atoms. The third kappa shape index (κ3) is 3.02. The Kier molecular flexibility index (Phi) is 4.83. The van der Waals surface area contributed by atoms with E-state index in [1.165, 1.54) is 12.1 Å². The van der Waals surface area contributed by atoms with Crippen LogP contribution in [-0.4, -0.2) is 26.2 Å². The molecule has 0 aromatic heterocycles. The van der Waals surface area contributed by atoms with Crippen LogP contribution in [0.25, 0.3) is 0 Å². The molecular weight excluding hydrogens is 362 g/mol. The second-order valence-corrected chi connectivity index (χ2v) is 8.94. The Hall–Kier alpha value is -2.65. The number of hydrogen-bond donors (Lipinski definition) is 0. The summed E-state index contributed by atoms with van der Waals surface area (Å²) in [4.78, 5) is 12.8. The van der Waals surface area contributed by atoms with E-state index in [4.69, 9.17) is 4.74 Å². The van der Waals surface area contributed by atoms with Gasteiger partial charge in [-0.15, -0.1) is 0 Å². The maximum absolute atomic E-state index is 13.3. The van der Waals surface area contributed by atoms with Gasteiger partial charge in [-0.3, -0.25) is 4.79 Å². The molecule has 1 saturated carbocycles. The van der Waals surface area contributed by atoms with Gasteiger partial charge in [0.25, 0.3) is 0 Å². The Balaban J connectivity index is 2.12. The molecule has 1 aliphatic carbocycles. The molecule has 0 saturated heterocycles. The lowest BCUT2D eigenvalue weighted by molar-refractivity contribution is -0.147. The highest BCUT2D eigenvalue weighted by Crippen LogP contribution is 2.64. The zero-order valence-electron chi connectivity index (χ0n) is 15.5. The minimum atomic E-state index is -3.90. The van der Waals surface area contributed by atoms with E-state index < -0.39 is 32.4 Å². The number of benzene rings is 2. The summed E-state index contributed by atoms with van der Waals surface area (Å²) < 4.78 is 31.7. The van der Waals surface area contributed by atoms with Gasteiger partial charge in [-0.25, -0.2) is 8.42 Å². The number of sulfone groups is 1. The van der Waals surface area contributed by atoms with Crippen LogP contribution in [0.4, 0.5) is 0 Å². The van der Waals surface area contributed by atoms with Crippen molar-refractivity contribution in [2.45, 2.75) is 36.8 Å². The molecule has 0 heterocycles. The predicted molar refractivity (Wildman–Crippen MR) is 101 cm³/mol. The normalized spacial score (nSPS) is 24.1. The van der Waals surface area contributed by atoms with Crippen LogP contribution in [-0.2, 0) is 19.4 Å². The number of carbonyl (C=O) groups is 1. The number of hydrogen-bond acceptors (Lipinski definition) is 5. The summed E-state index contributed by atoms with van der Waals surface area (Å²) in [6.45, 7) is 5.50. The molecule has 140 valence electrons. The van der Waals surface area contributed by atoms with Crippen molar-refractivity contribution in [2.75, 3.05) is 6.61 Å². The van der Waals surface area contributed by atoms with E-state index in [1.807, 2.05) is 32.0 Å². The fourth-order valence-electron chi connectivity index (χ4n) is 3.54. The highest BCUT2D eigenvalue weighted by molar-refractivity contribution is 7.92. The number of aryl methyl sites for hydroxylation is 2. The molecule has 0 N–H and O–H groups in total. The van der Waals surface area contributed by atoms with Crippen molar-refractivity contribution >= 4 is 15.8 Å². The van der Waals surface area contributed by atoms with Crippen LogP contribution in [0.2, 0.25) is 0 Å². The second-order valence-electron chi connectivity index (χ2n) is 6.87. The first-order valence-electron chi connectivity index (χ1n) is 8.74. The van der Waals surface area contributed by atoms with E-state index in [0.717, 1.165) is 11.1 Å². The summed E-state index contributed by atoms with van der Waals surface area (Å²) in [5.41, 5.74) is 0.860. The van der Waals surface area contributed by atoms with Gasteiger partial charge < -0.3 is 4.74 Å². The van der Waals surface area contributed by atoms with Crippen molar-refractivity contribution in [2.24, 2.45) is 5.41 Å². The Morgan fingerprint density at radius 3 is 2.07 bits per heavy atom. The molecule has 0 amide bonds. The van der Waals surface area contributed by atoms with Gasteiger partial charge in [0.05, 0.1) is 17.6 Å². The van der Waals surface area contributed by atoms with E-state index in [1.54, 1.807) is 31.2 Å². The third-order valence-electron chi connectivity index (χ3n) is 5.05. The van der Waals surface area contributed by atoms with Gasteiger partial charge in [0.2, 0.25) is 0 Å². The maximum atomic E-state index is 13.3. The molecular formula is C21H21NO4S. The monoisotopic (exact) mass is 383 g/mol. The average molecular weight is 383 g/mol. The minimum Gasteiger partial charge on any atom is -0.465 e. The first-order valence-corrected chi connectivity index (χ1v) is 10.3. The fraction of sp³-hybridized carbons (Fsp3) is 0.333. The number of rotatable bonds is 5. The van der Waals surface area contributed by atoms with E-state index in [2.05, 4.69) is 0 Å². The molecule has 3 rings (SSSR count). The van der Waals surface area contributed by atoms with Gasteiger partial charge in [-0.1, -0.05) is 47.5 Å². The summed E-state index contributed by atoms with van der Waals surface area (Å²) in [6, 6.07) is 15.7. The van der Waals surface area contributed by atoms with Crippen LogP contribution in [0.15, 0.2) is 53.4 Å². The quantitative estimate of drug-likeness (QED) is 0.740. The van der Waals surface area contributed by atoms with E-state index in [-0.39, 0.29) is 11.5 Å². The smallest absolute Gasteiger partial charge is 0.328 e. The lowest BCUT2D eigenvalue weighted by Gasteiger charge is -2.09. The lowest BCUT2D eigenvalue weighted by atomic mass is 10.00. The Bertz CT molecular complexity index is 1000. The summed E-state index contributed by atoms with van der Waals surface area (Å²) in [6.07, 6.45) is 0. The summed E-state index contributed by atoms with van der Waals surface area (Å²) in [5.74, 6) is -1.53. The van der Waals surface area contributed by atoms with Crippen molar-refractivity contribution in [3.63, 3.8) is 0 Å². The number of carbonyl (C=O) groups excluding carboxylic acids is 1. The van der Waals surface area contributed by atoms with Crippen molar-refractivity contribution in [3.8, 4) is 6.07 Å². The van der Waals surface area contributed by atoms with E-state index >= 15 is 0 Å². The predicted octanol–water partition coefficient (Wildman–Crippen LogP) is 3.32. The molecule has 3 atom stereocenters. The summed E-state index contributed by atoms with van der Waals surface area (Å²) >= 11 is 0. The molecule has 2 aromatic carbocycles. The van der Waals surface area contributed by atoms with Gasteiger partial charge in [0.15, 0.2) is 15.3 Å². The molecule has 5 nitrogen and oxygen atoms in total. The zero-order valence-corrected chi connectivity index (χ0v) is 16.3.